The Kier molecular flexibility index (Phi) is 4.13. The largest absolute Gasteiger partial charge is 0.295 e. The van der Waals surface area contributed by atoms with Crippen LogP contribution in [0.2, 0.25) is 0 Å². The summed E-state index contributed by atoms with van der Waals surface area (Å²) >= 11 is 0. The van der Waals surface area contributed by atoms with Crippen molar-refractivity contribution < 1.29 is 4.79 Å². The summed E-state index contributed by atoms with van der Waals surface area (Å²) in [6.45, 7) is 7.33. The Bertz CT molecular complexity index is 643. The topological polar surface area (TPSA) is 40.9 Å². The van der Waals surface area contributed by atoms with Crippen LogP contribution in [0.25, 0.3) is 0 Å². The van der Waals surface area contributed by atoms with E-state index >= 15 is 0 Å². The third-order valence-corrected chi connectivity index (χ3v) is 9.14. The average Bonchev–Trinajstić information content (AvgIpc) is 2.93. The van der Waals surface area contributed by atoms with E-state index in [1.165, 1.54) is 37.7 Å². The predicted octanol–water partition coefficient (Wildman–Crippen LogP) is 5.68. The van der Waals surface area contributed by atoms with E-state index in [1.54, 1.807) is 0 Å². The highest BCUT2D eigenvalue weighted by atomic mass is 16.1. The monoisotopic (exact) mass is 339 g/mol. The lowest BCUT2D eigenvalue weighted by atomic mass is 9.46. The molecule has 0 spiro atoms. The summed E-state index contributed by atoms with van der Waals surface area (Å²) < 4.78 is 0. The van der Waals surface area contributed by atoms with Crippen molar-refractivity contribution in [2.45, 2.75) is 78.6 Å². The van der Waals surface area contributed by atoms with Gasteiger partial charge in [0, 0.05) is 12.8 Å². The number of ketones is 1. The van der Waals surface area contributed by atoms with Crippen molar-refractivity contribution in [3.63, 3.8) is 0 Å². The van der Waals surface area contributed by atoms with Gasteiger partial charge in [0.15, 0.2) is 5.78 Å². The summed E-state index contributed by atoms with van der Waals surface area (Å²) in [7, 11) is 0. The highest BCUT2D eigenvalue weighted by Crippen LogP contribution is 2.67. The molecule has 0 bridgehead atoms. The fourth-order valence-electron chi connectivity index (χ4n) is 7.82. The first kappa shape index (κ1) is 17.3. The molecule has 25 heavy (non-hydrogen) atoms. The second-order valence-electron chi connectivity index (χ2n) is 10.0. The Hall–Kier alpha value is -1.10. The molecule has 2 nitrogen and oxygen atoms in total. The van der Waals surface area contributed by atoms with Crippen LogP contribution >= 0.6 is 0 Å². The molecular formula is C23H33NO. The van der Waals surface area contributed by atoms with E-state index in [-0.39, 0.29) is 5.41 Å². The summed E-state index contributed by atoms with van der Waals surface area (Å²) in [5, 5.41) is 9.17. The van der Waals surface area contributed by atoms with E-state index in [0.717, 1.165) is 42.9 Å². The summed E-state index contributed by atoms with van der Waals surface area (Å²) in [5.41, 5.74) is 2.20. The molecule has 0 amide bonds. The molecule has 0 aliphatic heterocycles. The van der Waals surface area contributed by atoms with E-state index in [1.807, 2.05) is 6.08 Å². The van der Waals surface area contributed by atoms with Gasteiger partial charge in [0.25, 0.3) is 0 Å². The van der Waals surface area contributed by atoms with Crippen LogP contribution in [0.3, 0.4) is 0 Å². The van der Waals surface area contributed by atoms with Gasteiger partial charge in [-0.2, -0.15) is 5.26 Å². The van der Waals surface area contributed by atoms with Crippen LogP contribution in [0.4, 0.5) is 0 Å². The quantitative estimate of drug-likeness (QED) is 0.649. The standard InChI is InChI=1S/C23H33NO/c1-15(10-13-24)19-6-7-20-18-5-4-16-14-17(25)8-11-22(16,2)21(18)9-12-23(19,20)3/h14-15,18-21H,4-12H2,1-3H3/t15-,18?,19?,20?,21?,22?,23-/m1/s1. The maximum Gasteiger partial charge on any atom is 0.155 e. The number of fused-ring (bicyclic) bond motifs is 5. The molecule has 0 aromatic carbocycles. The van der Waals surface area contributed by atoms with Gasteiger partial charge in [0.1, 0.15) is 0 Å². The zero-order valence-electron chi connectivity index (χ0n) is 16.2. The molecule has 4 aliphatic carbocycles. The summed E-state index contributed by atoms with van der Waals surface area (Å²) in [4.78, 5) is 11.9. The lowest BCUT2D eigenvalue weighted by Crippen LogP contribution is -2.50. The predicted molar refractivity (Wildman–Crippen MR) is 99.6 cm³/mol. The zero-order chi connectivity index (χ0) is 17.8. The lowest BCUT2D eigenvalue weighted by Gasteiger charge is -2.58. The van der Waals surface area contributed by atoms with Crippen LogP contribution in [-0.4, -0.2) is 5.78 Å². The number of carbonyl (C=O) groups is 1. The van der Waals surface area contributed by atoms with Gasteiger partial charge in [-0.25, -0.2) is 0 Å². The molecule has 3 saturated carbocycles. The molecule has 0 saturated heterocycles. The van der Waals surface area contributed by atoms with Gasteiger partial charge in [0.05, 0.1) is 6.07 Å². The van der Waals surface area contributed by atoms with E-state index < -0.39 is 0 Å². The molecule has 0 N–H and O–H groups in total. The molecule has 2 heteroatoms. The molecule has 4 aliphatic rings. The third-order valence-electron chi connectivity index (χ3n) is 9.14. The number of nitrogens with zero attached hydrogens (tertiary/aromatic N) is 1. The highest BCUT2D eigenvalue weighted by molar-refractivity contribution is 5.91. The van der Waals surface area contributed by atoms with Crippen LogP contribution in [0, 0.1) is 51.8 Å². The molecule has 0 radical (unpaired) electrons. The van der Waals surface area contributed by atoms with E-state index in [4.69, 9.17) is 5.26 Å². The normalized spacial score (nSPS) is 47.1. The second-order valence-corrected chi connectivity index (χ2v) is 10.0. The van der Waals surface area contributed by atoms with Crippen LogP contribution in [-0.2, 0) is 4.79 Å². The van der Waals surface area contributed by atoms with Crippen LogP contribution in [0.15, 0.2) is 11.6 Å². The molecule has 0 aromatic rings. The minimum Gasteiger partial charge on any atom is -0.295 e. The molecular weight excluding hydrogens is 306 g/mol. The van der Waals surface area contributed by atoms with Gasteiger partial charge in [-0.3, -0.25) is 4.79 Å². The minimum atomic E-state index is 0.286. The SMILES string of the molecule is C[C@H](CC#N)C1CCC2C3CCC4=CC(=O)CCC4(C)C3CC[C@@]21C. The molecule has 0 aromatic heterocycles. The van der Waals surface area contributed by atoms with Crippen molar-refractivity contribution in [3.05, 3.63) is 11.6 Å². The Morgan fingerprint density at radius 1 is 1.16 bits per heavy atom. The third kappa shape index (κ3) is 2.45. The number of nitriles is 1. The number of hydrogen-bond acceptors (Lipinski definition) is 2. The molecule has 7 atom stereocenters. The first-order chi connectivity index (χ1) is 11.9. The highest BCUT2D eigenvalue weighted by Gasteiger charge is 2.59. The summed E-state index contributed by atoms with van der Waals surface area (Å²) in [5.74, 6) is 4.09. The fraction of sp³-hybridized carbons (Fsp3) is 0.826. The van der Waals surface area contributed by atoms with Gasteiger partial charge < -0.3 is 0 Å². The molecule has 3 fully saturated rings. The van der Waals surface area contributed by atoms with Crippen molar-refractivity contribution in [1.82, 2.24) is 0 Å². The first-order valence-corrected chi connectivity index (χ1v) is 10.5. The second kappa shape index (κ2) is 5.97. The number of hydrogen-bond donors (Lipinski definition) is 0. The van der Waals surface area contributed by atoms with Crippen LogP contribution in [0.5, 0.6) is 0 Å². The molecule has 0 heterocycles. The van der Waals surface area contributed by atoms with E-state index in [2.05, 4.69) is 26.8 Å². The van der Waals surface area contributed by atoms with E-state index in [0.29, 0.717) is 23.5 Å². The van der Waals surface area contributed by atoms with Crippen molar-refractivity contribution in [2.24, 2.45) is 40.4 Å². The van der Waals surface area contributed by atoms with Gasteiger partial charge in [-0.05, 0) is 91.4 Å². The minimum absolute atomic E-state index is 0.286. The molecule has 5 unspecified atom stereocenters. The van der Waals surface area contributed by atoms with Gasteiger partial charge in [-0.15, -0.1) is 0 Å². The summed E-state index contributed by atoms with van der Waals surface area (Å²) in [6.07, 6.45) is 12.4. The van der Waals surface area contributed by atoms with Gasteiger partial charge in [-0.1, -0.05) is 26.3 Å². The Morgan fingerprint density at radius 3 is 2.72 bits per heavy atom. The van der Waals surface area contributed by atoms with E-state index in [9.17, 15) is 4.79 Å². The summed E-state index contributed by atoms with van der Waals surface area (Å²) in [6, 6.07) is 2.42. The Labute approximate surface area is 153 Å². The van der Waals surface area contributed by atoms with Crippen molar-refractivity contribution in [2.75, 3.05) is 0 Å². The van der Waals surface area contributed by atoms with Gasteiger partial charge in [0.2, 0.25) is 0 Å². The zero-order valence-corrected chi connectivity index (χ0v) is 16.2. The Morgan fingerprint density at radius 2 is 1.96 bits per heavy atom. The van der Waals surface area contributed by atoms with Crippen LogP contribution in [0.1, 0.15) is 78.6 Å². The van der Waals surface area contributed by atoms with Crippen molar-refractivity contribution in [3.8, 4) is 6.07 Å². The average molecular weight is 340 g/mol. The fourth-order valence-corrected chi connectivity index (χ4v) is 7.82. The maximum absolute atomic E-state index is 11.9. The Balaban J connectivity index is 1.62. The van der Waals surface area contributed by atoms with Crippen molar-refractivity contribution in [1.29, 1.82) is 5.26 Å². The maximum atomic E-state index is 11.9. The van der Waals surface area contributed by atoms with Gasteiger partial charge >= 0.3 is 0 Å². The smallest absolute Gasteiger partial charge is 0.155 e. The van der Waals surface area contributed by atoms with Crippen molar-refractivity contribution >= 4 is 5.78 Å². The number of carbonyl (C=O) groups excluding carboxylic acids is 1. The molecule has 4 rings (SSSR count). The number of allylic oxidation sites excluding steroid dienone is 1. The lowest BCUT2D eigenvalue weighted by molar-refractivity contribution is -0.117. The molecule has 136 valence electrons. The van der Waals surface area contributed by atoms with Crippen LogP contribution < -0.4 is 0 Å². The number of rotatable bonds is 2. The first-order valence-electron chi connectivity index (χ1n) is 10.5.